The highest BCUT2D eigenvalue weighted by molar-refractivity contribution is 5.24. The van der Waals surface area contributed by atoms with E-state index in [9.17, 15) is 4.39 Å². The van der Waals surface area contributed by atoms with Gasteiger partial charge in [0.05, 0.1) is 6.04 Å². The third kappa shape index (κ3) is 2.54. The second-order valence-electron chi connectivity index (χ2n) is 4.26. The zero-order valence-corrected chi connectivity index (χ0v) is 10.4. The standard InChI is InChI=1S/C12H12FN7/c13-9-3-1-8(2-4-9)11(14)12-17-10(18-19-12)5-20-7-15-6-16-20/h1-4,6-7,11H,5,14H2,(H,17,18,19)/t11-/m0/s1. The van der Waals surface area contributed by atoms with Gasteiger partial charge in [0.15, 0.2) is 5.82 Å². The van der Waals surface area contributed by atoms with Crippen LogP contribution in [-0.2, 0) is 6.54 Å². The molecule has 0 radical (unpaired) electrons. The van der Waals surface area contributed by atoms with Gasteiger partial charge in [-0.25, -0.2) is 19.0 Å². The zero-order valence-electron chi connectivity index (χ0n) is 10.4. The molecule has 0 saturated carbocycles. The van der Waals surface area contributed by atoms with E-state index in [1.54, 1.807) is 23.1 Å². The Morgan fingerprint density at radius 1 is 1.30 bits per heavy atom. The summed E-state index contributed by atoms with van der Waals surface area (Å²) in [5.41, 5.74) is 6.80. The highest BCUT2D eigenvalue weighted by Gasteiger charge is 2.14. The molecule has 1 aromatic carbocycles. The molecule has 0 unspecified atom stereocenters. The maximum atomic E-state index is 12.9. The summed E-state index contributed by atoms with van der Waals surface area (Å²) >= 11 is 0. The van der Waals surface area contributed by atoms with Crippen LogP contribution < -0.4 is 5.73 Å². The van der Waals surface area contributed by atoms with Crippen LogP contribution in [0.1, 0.15) is 23.3 Å². The van der Waals surface area contributed by atoms with E-state index < -0.39 is 6.04 Å². The van der Waals surface area contributed by atoms with Gasteiger partial charge in [0.2, 0.25) is 0 Å². The normalized spacial score (nSPS) is 12.5. The first-order chi connectivity index (χ1) is 9.72. The number of hydrogen-bond donors (Lipinski definition) is 2. The summed E-state index contributed by atoms with van der Waals surface area (Å²) in [5.74, 6) is 0.776. The molecule has 0 saturated heterocycles. The van der Waals surface area contributed by atoms with Gasteiger partial charge in [-0.15, -0.1) is 0 Å². The molecule has 3 rings (SSSR count). The largest absolute Gasteiger partial charge is 0.318 e. The van der Waals surface area contributed by atoms with Gasteiger partial charge in [0.25, 0.3) is 0 Å². The summed E-state index contributed by atoms with van der Waals surface area (Å²) in [4.78, 5) is 8.16. The highest BCUT2D eigenvalue weighted by Crippen LogP contribution is 2.16. The first-order valence-corrected chi connectivity index (χ1v) is 5.97. The van der Waals surface area contributed by atoms with Crippen molar-refractivity contribution in [1.29, 1.82) is 0 Å². The van der Waals surface area contributed by atoms with Crippen molar-refractivity contribution in [2.75, 3.05) is 0 Å². The number of halogens is 1. The summed E-state index contributed by atoms with van der Waals surface area (Å²) < 4.78 is 14.5. The molecule has 3 N–H and O–H groups in total. The Balaban J connectivity index is 1.77. The Bertz CT molecular complexity index is 674. The second-order valence-corrected chi connectivity index (χ2v) is 4.26. The van der Waals surface area contributed by atoms with Crippen LogP contribution in [0.3, 0.4) is 0 Å². The Labute approximate surface area is 113 Å². The van der Waals surface area contributed by atoms with Crippen molar-refractivity contribution >= 4 is 0 Å². The molecule has 1 atom stereocenters. The van der Waals surface area contributed by atoms with Gasteiger partial charge in [0, 0.05) is 0 Å². The molecule has 0 fully saturated rings. The van der Waals surface area contributed by atoms with Crippen LogP contribution in [0.2, 0.25) is 0 Å². The Morgan fingerprint density at radius 3 is 2.80 bits per heavy atom. The van der Waals surface area contributed by atoms with Crippen molar-refractivity contribution in [3.05, 3.63) is 59.9 Å². The van der Waals surface area contributed by atoms with E-state index in [1.807, 2.05) is 0 Å². The van der Waals surface area contributed by atoms with E-state index in [4.69, 9.17) is 5.73 Å². The van der Waals surface area contributed by atoms with Gasteiger partial charge in [-0.2, -0.15) is 10.2 Å². The highest BCUT2D eigenvalue weighted by atomic mass is 19.1. The number of nitrogens with one attached hydrogen (secondary N) is 1. The van der Waals surface area contributed by atoms with E-state index in [0.29, 0.717) is 18.2 Å². The van der Waals surface area contributed by atoms with Crippen LogP contribution in [0.5, 0.6) is 0 Å². The van der Waals surface area contributed by atoms with E-state index in [-0.39, 0.29) is 5.82 Å². The molecule has 8 heteroatoms. The molecular formula is C12H12FN7. The predicted molar refractivity (Wildman–Crippen MR) is 67.9 cm³/mol. The van der Waals surface area contributed by atoms with E-state index in [1.165, 1.54) is 18.5 Å². The third-order valence-electron chi connectivity index (χ3n) is 2.83. The molecule has 0 spiro atoms. The van der Waals surface area contributed by atoms with E-state index in [0.717, 1.165) is 5.56 Å². The van der Waals surface area contributed by atoms with Gasteiger partial charge >= 0.3 is 0 Å². The van der Waals surface area contributed by atoms with E-state index >= 15 is 0 Å². The average molecular weight is 273 g/mol. The molecule has 2 aromatic heterocycles. The second kappa shape index (κ2) is 5.17. The fourth-order valence-electron chi connectivity index (χ4n) is 1.81. The van der Waals surface area contributed by atoms with Crippen molar-refractivity contribution < 1.29 is 4.39 Å². The predicted octanol–water partition coefficient (Wildman–Crippen LogP) is 0.632. The minimum absolute atomic E-state index is 0.303. The molecule has 0 aliphatic carbocycles. The van der Waals surface area contributed by atoms with Crippen molar-refractivity contribution in [3.63, 3.8) is 0 Å². The van der Waals surface area contributed by atoms with Crippen LogP contribution in [-0.4, -0.2) is 29.9 Å². The maximum absolute atomic E-state index is 12.9. The molecule has 3 aromatic rings. The van der Waals surface area contributed by atoms with Gasteiger partial charge in [-0.1, -0.05) is 12.1 Å². The minimum atomic E-state index is -0.503. The lowest BCUT2D eigenvalue weighted by atomic mass is 10.1. The van der Waals surface area contributed by atoms with E-state index in [2.05, 4.69) is 25.3 Å². The summed E-state index contributed by atoms with van der Waals surface area (Å²) in [5, 5.41) is 10.9. The number of benzene rings is 1. The van der Waals surface area contributed by atoms with Crippen LogP contribution in [0, 0.1) is 5.82 Å². The van der Waals surface area contributed by atoms with Gasteiger partial charge in [-0.3, -0.25) is 5.10 Å². The molecule has 7 nitrogen and oxygen atoms in total. The molecule has 0 bridgehead atoms. The number of nitrogens with zero attached hydrogens (tertiary/aromatic N) is 5. The quantitative estimate of drug-likeness (QED) is 0.726. The van der Waals surface area contributed by atoms with Gasteiger partial charge < -0.3 is 5.73 Å². The molecule has 102 valence electrons. The summed E-state index contributed by atoms with van der Waals surface area (Å²) in [6, 6.07) is 5.45. The lowest BCUT2D eigenvalue weighted by Gasteiger charge is -2.07. The molecule has 2 heterocycles. The van der Waals surface area contributed by atoms with Crippen molar-refractivity contribution in [3.8, 4) is 0 Å². The summed E-state index contributed by atoms with van der Waals surface area (Å²) in [6.45, 7) is 0.434. The number of H-pyrrole nitrogens is 1. The number of hydrogen-bond acceptors (Lipinski definition) is 5. The Kier molecular flexibility index (Phi) is 3.21. The topological polar surface area (TPSA) is 98.3 Å². The minimum Gasteiger partial charge on any atom is -0.318 e. The Morgan fingerprint density at radius 2 is 2.10 bits per heavy atom. The summed E-state index contributed by atoms with van der Waals surface area (Å²) in [6.07, 6.45) is 3.03. The Hall–Kier alpha value is -2.61. The fourth-order valence-corrected chi connectivity index (χ4v) is 1.81. The van der Waals surface area contributed by atoms with Gasteiger partial charge in [-0.05, 0) is 17.7 Å². The fraction of sp³-hybridized carbons (Fsp3) is 0.167. The lowest BCUT2D eigenvalue weighted by molar-refractivity contribution is 0.626. The number of aromatic amines is 1. The molecule has 0 amide bonds. The smallest absolute Gasteiger partial charge is 0.171 e. The molecule has 20 heavy (non-hydrogen) atoms. The third-order valence-corrected chi connectivity index (χ3v) is 2.83. The first-order valence-electron chi connectivity index (χ1n) is 5.97. The first kappa shape index (κ1) is 12.4. The van der Waals surface area contributed by atoms with Crippen molar-refractivity contribution in [2.45, 2.75) is 12.6 Å². The monoisotopic (exact) mass is 273 g/mol. The molecular weight excluding hydrogens is 261 g/mol. The van der Waals surface area contributed by atoms with Crippen molar-refractivity contribution in [2.24, 2.45) is 5.73 Å². The lowest BCUT2D eigenvalue weighted by Crippen LogP contribution is -2.13. The zero-order chi connectivity index (χ0) is 13.9. The SMILES string of the molecule is N[C@@H](c1ccc(F)cc1)c1n[nH]c(Cn2cncn2)n1. The van der Waals surface area contributed by atoms with Crippen LogP contribution in [0.4, 0.5) is 4.39 Å². The van der Waals surface area contributed by atoms with Crippen LogP contribution in [0.25, 0.3) is 0 Å². The van der Waals surface area contributed by atoms with Crippen LogP contribution in [0.15, 0.2) is 36.9 Å². The number of nitrogens with two attached hydrogens (primary N) is 1. The number of rotatable bonds is 4. The van der Waals surface area contributed by atoms with Crippen LogP contribution >= 0.6 is 0 Å². The summed E-state index contributed by atoms with van der Waals surface area (Å²) in [7, 11) is 0. The molecule has 0 aliphatic heterocycles. The van der Waals surface area contributed by atoms with Crippen molar-refractivity contribution in [1.82, 2.24) is 29.9 Å². The molecule has 0 aliphatic rings. The maximum Gasteiger partial charge on any atom is 0.171 e. The van der Waals surface area contributed by atoms with Gasteiger partial charge in [0.1, 0.15) is 30.8 Å². The average Bonchev–Trinajstić information content (AvgIpc) is 3.11. The number of aromatic nitrogens is 6.